The van der Waals surface area contributed by atoms with Gasteiger partial charge in [-0.25, -0.2) is 0 Å². The van der Waals surface area contributed by atoms with Crippen LogP contribution in [0.15, 0.2) is 12.2 Å². The van der Waals surface area contributed by atoms with Crippen LogP contribution in [0, 0.1) is 5.41 Å². The smallest absolute Gasteiger partial charge is 0.237 e. The van der Waals surface area contributed by atoms with Crippen molar-refractivity contribution >= 4 is 5.91 Å². The van der Waals surface area contributed by atoms with Crippen molar-refractivity contribution in [3.05, 3.63) is 12.2 Å². The average molecular weight is 186 g/mol. The molecule has 0 aliphatic heterocycles. The van der Waals surface area contributed by atoms with Crippen LogP contribution >= 0.6 is 0 Å². The van der Waals surface area contributed by atoms with Gasteiger partial charge >= 0.3 is 0 Å². The van der Waals surface area contributed by atoms with Gasteiger partial charge in [-0.05, 0) is 14.0 Å². The zero-order valence-electron chi connectivity index (χ0n) is 9.14. The number of likely N-dealkylation sites (N-methyl/N-ethyl adjacent to an activating group) is 2. The predicted octanol–water partition coefficient (Wildman–Crippen LogP) is 1.17. The molecule has 1 amide bonds. The van der Waals surface area contributed by atoms with E-state index in [1.165, 1.54) is 0 Å². The molecule has 0 saturated carbocycles. The molecular formula is C10H22N2O. The summed E-state index contributed by atoms with van der Waals surface area (Å²) in [6.07, 6.45) is 4.00. The fourth-order valence-corrected chi connectivity index (χ4v) is 1.51. The highest BCUT2D eigenvalue weighted by molar-refractivity contribution is 5.82. The number of amides is 1. The van der Waals surface area contributed by atoms with Crippen LogP contribution in [-0.4, -0.2) is 26.0 Å². The second-order valence-corrected chi connectivity index (χ2v) is 3.66. The van der Waals surface area contributed by atoms with Gasteiger partial charge in [-0.15, -0.1) is 0 Å². The molecule has 1 atom stereocenters. The Bertz CT molecular complexity index is 202. The third kappa shape index (κ3) is 3.19. The second kappa shape index (κ2) is 5.02. The third-order valence-corrected chi connectivity index (χ3v) is 2.14. The number of carbonyl (C=O) groups is 1. The van der Waals surface area contributed by atoms with Gasteiger partial charge in [0.1, 0.15) is 0 Å². The summed E-state index contributed by atoms with van der Waals surface area (Å²) in [5.74, 6) is 0.0191. The van der Waals surface area contributed by atoms with Crippen LogP contribution in [0.25, 0.3) is 0 Å². The van der Waals surface area contributed by atoms with Crippen LogP contribution in [0.1, 0.15) is 22.2 Å². The molecule has 0 radical (unpaired) electrons. The zero-order valence-corrected chi connectivity index (χ0v) is 9.14. The minimum atomic E-state index is -0.186. The summed E-state index contributed by atoms with van der Waals surface area (Å²) in [6, 6.07) is -0.186. The van der Waals surface area contributed by atoms with E-state index in [1.54, 1.807) is 14.1 Å². The Morgan fingerprint density at radius 1 is 1.46 bits per heavy atom. The van der Waals surface area contributed by atoms with Gasteiger partial charge < -0.3 is 10.6 Å². The Morgan fingerprint density at radius 3 is 2.31 bits per heavy atom. The molecule has 0 aliphatic rings. The first-order valence-corrected chi connectivity index (χ1v) is 4.52. The monoisotopic (exact) mass is 186 g/mol. The van der Waals surface area contributed by atoms with E-state index in [0.29, 0.717) is 0 Å². The molecule has 0 aliphatic carbocycles. The van der Waals surface area contributed by atoms with Crippen molar-refractivity contribution in [2.75, 3.05) is 14.1 Å². The molecule has 2 N–H and O–H groups in total. The Kier molecular flexibility index (Phi) is 4.70. The number of allylic oxidation sites excluding steroid dienone is 1. The van der Waals surface area contributed by atoms with E-state index in [2.05, 4.69) is 10.6 Å². The highest BCUT2D eigenvalue weighted by Gasteiger charge is 2.30. The predicted molar refractivity (Wildman–Crippen MR) is 57.6 cm³/mol. The molecule has 0 aromatic carbocycles. The van der Waals surface area contributed by atoms with E-state index in [9.17, 15) is 4.79 Å². The summed E-state index contributed by atoms with van der Waals surface area (Å²) in [6.45, 7) is 6.02. The highest BCUT2D eigenvalue weighted by atomic mass is 16.2. The second-order valence-electron chi connectivity index (χ2n) is 3.66. The van der Waals surface area contributed by atoms with Crippen LogP contribution in [0.2, 0.25) is 0 Å². The third-order valence-electron chi connectivity index (χ3n) is 2.14. The van der Waals surface area contributed by atoms with E-state index in [4.69, 9.17) is 0 Å². The fraction of sp³-hybridized carbons (Fsp3) is 0.700. The van der Waals surface area contributed by atoms with Crippen molar-refractivity contribution in [1.29, 1.82) is 0 Å². The van der Waals surface area contributed by atoms with Crippen LogP contribution in [-0.2, 0) is 4.79 Å². The van der Waals surface area contributed by atoms with Gasteiger partial charge in [0.15, 0.2) is 0 Å². The number of carbonyl (C=O) groups excluding carboxylic acids is 1. The Hall–Kier alpha value is -0.830. The molecular weight excluding hydrogens is 164 g/mol. The van der Waals surface area contributed by atoms with Crippen LogP contribution in [0.4, 0.5) is 0 Å². The summed E-state index contributed by atoms with van der Waals surface area (Å²) in [7, 11) is 3.45. The van der Waals surface area contributed by atoms with E-state index in [1.807, 2.05) is 32.9 Å². The maximum Gasteiger partial charge on any atom is 0.237 e. The molecule has 0 saturated heterocycles. The first kappa shape index (κ1) is 12.2. The maximum absolute atomic E-state index is 11.5. The summed E-state index contributed by atoms with van der Waals surface area (Å²) in [5.41, 5.74) is -0.163. The van der Waals surface area contributed by atoms with Crippen LogP contribution < -0.4 is 10.6 Å². The summed E-state index contributed by atoms with van der Waals surface area (Å²) < 4.78 is 0. The molecule has 3 nitrogen and oxygen atoms in total. The zero-order chi connectivity index (χ0) is 10.5. The average Bonchev–Trinajstić information content (AvgIpc) is 2.04. The summed E-state index contributed by atoms with van der Waals surface area (Å²) >= 11 is 0. The van der Waals surface area contributed by atoms with Crippen molar-refractivity contribution in [2.24, 2.45) is 5.41 Å². The number of hydrogen-bond donors (Lipinski definition) is 2. The lowest BCUT2D eigenvalue weighted by molar-refractivity contribution is -0.124. The van der Waals surface area contributed by atoms with Gasteiger partial charge in [0.25, 0.3) is 0 Å². The molecule has 0 heterocycles. The van der Waals surface area contributed by atoms with Crippen molar-refractivity contribution < 1.29 is 6.22 Å². The van der Waals surface area contributed by atoms with E-state index >= 15 is 0 Å². The number of nitrogens with one attached hydrogen (secondary N) is 2. The van der Waals surface area contributed by atoms with Crippen molar-refractivity contribution in [3.63, 3.8) is 0 Å². The highest BCUT2D eigenvalue weighted by Crippen LogP contribution is 2.22. The first-order valence-electron chi connectivity index (χ1n) is 4.52. The topological polar surface area (TPSA) is 41.1 Å². The minimum absolute atomic E-state index is 0. The Labute approximate surface area is 82.1 Å². The lowest BCUT2D eigenvalue weighted by Crippen LogP contribution is -2.49. The van der Waals surface area contributed by atoms with E-state index in [0.717, 1.165) is 0 Å². The maximum atomic E-state index is 11.5. The van der Waals surface area contributed by atoms with Gasteiger partial charge in [0.2, 0.25) is 5.91 Å². The van der Waals surface area contributed by atoms with Crippen LogP contribution in [0.5, 0.6) is 0 Å². The molecule has 0 unspecified atom stereocenters. The van der Waals surface area contributed by atoms with E-state index in [-0.39, 0.29) is 18.8 Å². The van der Waals surface area contributed by atoms with Gasteiger partial charge in [-0.3, -0.25) is 4.79 Å². The summed E-state index contributed by atoms with van der Waals surface area (Å²) in [5, 5.41) is 5.66. The quantitative estimate of drug-likeness (QED) is 0.647. The molecule has 3 heteroatoms. The van der Waals surface area contributed by atoms with Gasteiger partial charge in [-0.2, -0.15) is 0 Å². The van der Waals surface area contributed by atoms with Crippen LogP contribution in [0.3, 0.4) is 0 Å². The molecule has 0 aromatic rings. The molecule has 0 spiro atoms. The lowest BCUT2D eigenvalue weighted by atomic mass is 9.83. The van der Waals surface area contributed by atoms with Gasteiger partial charge in [-0.1, -0.05) is 26.0 Å². The van der Waals surface area contributed by atoms with Crippen molar-refractivity contribution in [1.82, 2.24) is 10.6 Å². The minimum Gasteiger partial charge on any atom is -0.358 e. The van der Waals surface area contributed by atoms with Gasteiger partial charge in [0.05, 0.1) is 6.04 Å². The SMILES string of the molecule is C/C=C\C(C)(C)[C@H](NC)C(=O)NC.[HH]. The molecule has 0 fully saturated rings. The Morgan fingerprint density at radius 2 is 2.00 bits per heavy atom. The van der Waals surface area contributed by atoms with E-state index < -0.39 is 0 Å². The van der Waals surface area contributed by atoms with Crippen molar-refractivity contribution in [3.8, 4) is 0 Å². The normalized spacial score (nSPS) is 14.5. The number of rotatable bonds is 4. The lowest BCUT2D eigenvalue weighted by Gasteiger charge is -2.29. The molecule has 13 heavy (non-hydrogen) atoms. The number of hydrogen-bond acceptors (Lipinski definition) is 2. The van der Waals surface area contributed by atoms with Crippen molar-refractivity contribution in [2.45, 2.75) is 26.8 Å². The van der Waals surface area contributed by atoms with Gasteiger partial charge in [0, 0.05) is 13.9 Å². The molecule has 0 rings (SSSR count). The standard InChI is InChI=1S/C10H20N2O.H2/c1-6-7-10(2,3)8(11-4)9(13)12-5;/h6-8,11H,1-5H3,(H,12,13);1H/b7-6-;/t8-;/m1./s1. The fourth-order valence-electron chi connectivity index (χ4n) is 1.51. The molecule has 0 bridgehead atoms. The summed E-state index contributed by atoms with van der Waals surface area (Å²) in [4.78, 5) is 11.5. The first-order chi connectivity index (χ1) is 5.99. The Balaban J connectivity index is 0. The largest absolute Gasteiger partial charge is 0.358 e. The molecule has 0 aromatic heterocycles. The molecule has 78 valence electrons.